The van der Waals surface area contributed by atoms with Gasteiger partial charge in [0, 0.05) is 24.4 Å². The molecule has 3 aromatic carbocycles. The Morgan fingerprint density at radius 2 is 1.77 bits per heavy atom. The van der Waals surface area contributed by atoms with Crippen molar-refractivity contribution in [2.24, 2.45) is 0 Å². The van der Waals surface area contributed by atoms with Crippen molar-refractivity contribution < 1.29 is 4.79 Å². The third kappa shape index (κ3) is 3.75. The molecule has 30 heavy (non-hydrogen) atoms. The molecule has 0 fully saturated rings. The fourth-order valence-corrected chi connectivity index (χ4v) is 5.38. The van der Waals surface area contributed by atoms with E-state index in [0.29, 0.717) is 6.42 Å². The van der Waals surface area contributed by atoms with Crippen LogP contribution >= 0.6 is 11.3 Å². The smallest absolute Gasteiger partial charge is 0.228 e. The highest BCUT2D eigenvalue weighted by Gasteiger charge is 2.22. The Bertz CT molecular complexity index is 1220. The van der Waals surface area contributed by atoms with E-state index in [0.717, 1.165) is 41.5 Å². The van der Waals surface area contributed by atoms with Crippen molar-refractivity contribution in [3.8, 4) is 0 Å². The number of rotatable bonds is 4. The molecule has 1 amide bonds. The molecular formula is C26H24N2OS. The van der Waals surface area contributed by atoms with Gasteiger partial charge in [-0.05, 0) is 40.8 Å². The minimum Gasteiger partial charge on any atom is -0.338 e. The van der Waals surface area contributed by atoms with Crippen LogP contribution in [0.4, 0.5) is 0 Å². The van der Waals surface area contributed by atoms with E-state index in [9.17, 15) is 4.79 Å². The lowest BCUT2D eigenvalue weighted by Crippen LogP contribution is -2.36. The van der Waals surface area contributed by atoms with Crippen LogP contribution < -0.4 is 0 Å². The van der Waals surface area contributed by atoms with E-state index in [-0.39, 0.29) is 5.91 Å². The molecule has 150 valence electrons. The molecule has 2 heterocycles. The summed E-state index contributed by atoms with van der Waals surface area (Å²) in [5.74, 6) is 0.202. The van der Waals surface area contributed by atoms with Crippen molar-refractivity contribution >= 4 is 28.0 Å². The second-order valence-corrected chi connectivity index (χ2v) is 9.11. The first-order valence-corrected chi connectivity index (χ1v) is 11.3. The van der Waals surface area contributed by atoms with Crippen LogP contribution in [0.3, 0.4) is 0 Å². The molecule has 3 nitrogen and oxygen atoms in total. The highest BCUT2D eigenvalue weighted by atomic mass is 32.1. The molecule has 1 aliphatic rings. The lowest BCUT2D eigenvalue weighted by Gasteiger charge is -2.28. The second-order valence-electron chi connectivity index (χ2n) is 7.94. The molecule has 0 unspecified atom stereocenters. The van der Waals surface area contributed by atoms with E-state index >= 15 is 0 Å². The Morgan fingerprint density at radius 3 is 2.67 bits per heavy atom. The van der Waals surface area contributed by atoms with E-state index in [2.05, 4.69) is 66.7 Å². The number of amides is 1. The first-order valence-electron chi connectivity index (χ1n) is 10.4. The fraction of sp³-hybridized carbons (Fsp3) is 0.231. The van der Waals surface area contributed by atoms with Gasteiger partial charge in [-0.15, -0.1) is 11.3 Å². The average molecular weight is 413 g/mol. The van der Waals surface area contributed by atoms with Crippen molar-refractivity contribution in [2.75, 3.05) is 6.54 Å². The van der Waals surface area contributed by atoms with Crippen LogP contribution in [0.25, 0.3) is 10.8 Å². The molecule has 1 aromatic heterocycles. The monoisotopic (exact) mass is 412 g/mol. The standard InChI is InChI=1S/C26H24N2OS/c1-18-24(16-26(29)28-14-13-19-7-2-3-9-22(19)17-28)30-25(27-18)15-21-11-6-10-20-8-4-5-12-23(20)21/h2-12H,13-17H2,1H3. The summed E-state index contributed by atoms with van der Waals surface area (Å²) in [4.78, 5) is 20.9. The van der Waals surface area contributed by atoms with Gasteiger partial charge in [-0.25, -0.2) is 4.98 Å². The lowest BCUT2D eigenvalue weighted by atomic mass is 10.00. The van der Waals surface area contributed by atoms with Gasteiger partial charge in [0.2, 0.25) is 5.91 Å². The number of hydrogen-bond donors (Lipinski definition) is 0. The summed E-state index contributed by atoms with van der Waals surface area (Å²) in [6, 6.07) is 23.3. The summed E-state index contributed by atoms with van der Waals surface area (Å²) in [6.45, 7) is 3.55. The Hall–Kier alpha value is -2.98. The third-order valence-corrected chi connectivity index (χ3v) is 7.11. The van der Waals surface area contributed by atoms with Gasteiger partial charge < -0.3 is 4.90 Å². The van der Waals surface area contributed by atoms with Crippen LogP contribution in [-0.4, -0.2) is 22.3 Å². The van der Waals surface area contributed by atoms with E-state index in [1.54, 1.807) is 11.3 Å². The van der Waals surface area contributed by atoms with Gasteiger partial charge in [-0.3, -0.25) is 4.79 Å². The molecule has 0 saturated heterocycles. The quantitative estimate of drug-likeness (QED) is 0.454. The Labute approximate surface area is 181 Å². The topological polar surface area (TPSA) is 33.2 Å². The molecule has 0 radical (unpaired) electrons. The van der Waals surface area contributed by atoms with Gasteiger partial charge in [-0.1, -0.05) is 66.7 Å². The maximum Gasteiger partial charge on any atom is 0.228 e. The van der Waals surface area contributed by atoms with Crippen molar-refractivity contribution in [3.63, 3.8) is 0 Å². The number of fused-ring (bicyclic) bond motifs is 2. The second kappa shape index (κ2) is 8.04. The summed E-state index contributed by atoms with van der Waals surface area (Å²) in [5.41, 5.74) is 4.91. The number of nitrogens with zero attached hydrogens (tertiary/aromatic N) is 2. The Kier molecular flexibility index (Phi) is 5.09. The van der Waals surface area contributed by atoms with Crippen LogP contribution in [0.2, 0.25) is 0 Å². The van der Waals surface area contributed by atoms with Crippen LogP contribution in [0, 0.1) is 6.92 Å². The molecule has 0 spiro atoms. The molecule has 0 saturated carbocycles. The number of aryl methyl sites for hydroxylation is 1. The molecule has 5 rings (SSSR count). The van der Waals surface area contributed by atoms with Gasteiger partial charge in [-0.2, -0.15) is 0 Å². The zero-order valence-electron chi connectivity index (χ0n) is 17.1. The van der Waals surface area contributed by atoms with Crippen LogP contribution in [0.15, 0.2) is 66.7 Å². The molecule has 0 atom stereocenters. The van der Waals surface area contributed by atoms with E-state index in [1.807, 2.05) is 11.8 Å². The normalized spacial score (nSPS) is 13.4. The van der Waals surface area contributed by atoms with Crippen molar-refractivity contribution in [1.82, 2.24) is 9.88 Å². The van der Waals surface area contributed by atoms with Gasteiger partial charge in [0.25, 0.3) is 0 Å². The molecule has 4 aromatic rings. The summed E-state index contributed by atoms with van der Waals surface area (Å²) >= 11 is 1.68. The highest BCUT2D eigenvalue weighted by Crippen LogP contribution is 2.26. The Balaban J connectivity index is 1.32. The van der Waals surface area contributed by atoms with Crippen LogP contribution in [0.5, 0.6) is 0 Å². The minimum absolute atomic E-state index is 0.202. The maximum atomic E-state index is 13.0. The van der Waals surface area contributed by atoms with Crippen LogP contribution in [0.1, 0.15) is 32.3 Å². The predicted molar refractivity (Wildman–Crippen MR) is 123 cm³/mol. The summed E-state index contributed by atoms with van der Waals surface area (Å²) in [7, 11) is 0. The largest absolute Gasteiger partial charge is 0.338 e. The summed E-state index contributed by atoms with van der Waals surface area (Å²) in [6.07, 6.45) is 2.19. The average Bonchev–Trinajstić information content (AvgIpc) is 3.12. The Morgan fingerprint density at radius 1 is 1.00 bits per heavy atom. The van der Waals surface area contributed by atoms with Gasteiger partial charge >= 0.3 is 0 Å². The van der Waals surface area contributed by atoms with Gasteiger partial charge in [0.05, 0.1) is 17.1 Å². The number of hydrogen-bond acceptors (Lipinski definition) is 3. The first kappa shape index (κ1) is 19.0. The van der Waals surface area contributed by atoms with E-state index in [4.69, 9.17) is 4.98 Å². The van der Waals surface area contributed by atoms with E-state index in [1.165, 1.54) is 27.5 Å². The third-order valence-electron chi connectivity index (χ3n) is 5.95. The van der Waals surface area contributed by atoms with Gasteiger partial charge in [0.15, 0.2) is 0 Å². The molecule has 0 bridgehead atoms. The lowest BCUT2D eigenvalue weighted by molar-refractivity contribution is -0.131. The fourth-order valence-electron chi connectivity index (χ4n) is 4.30. The minimum atomic E-state index is 0.202. The zero-order valence-corrected chi connectivity index (χ0v) is 17.9. The van der Waals surface area contributed by atoms with Crippen LogP contribution in [-0.2, 0) is 30.6 Å². The predicted octanol–water partition coefficient (Wildman–Crippen LogP) is 5.32. The SMILES string of the molecule is Cc1nc(Cc2cccc3ccccc23)sc1CC(=O)N1CCc2ccccc2C1. The van der Waals surface area contributed by atoms with Crippen molar-refractivity contribution in [1.29, 1.82) is 0 Å². The van der Waals surface area contributed by atoms with E-state index < -0.39 is 0 Å². The molecule has 4 heteroatoms. The molecular weight excluding hydrogens is 388 g/mol. The number of aromatic nitrogens is 1. The molecule has 0 aliphatic carbocycles. The molecule has 0 N–H and O–H groups in total. The number of benzene rings is 3. The highest BCUT2D eigenvalue weighted by molar-refractivity contribution is 7.11. The number of carbonyl (C=O) groups is 1. The maximum absolute atomic E-state index is 13.0. The summed E-state index contributed by atoms with van der Waals surface area (Å²) in [5, 5.41) is 3.61. The molecule has 1 aliphatic heterocycles. The number of thiazole rings is 1. The zero-order chi connectivity index (χ0) is 20.5. The number of carbonyl (C=O) groups excluding carboxylic acids is 1. The van der Waals surface area contributed by atoms with Crippen molar-refractivity contribution in [3.05, 3.63) is 99.0 Å². The summed E-state index contributed by atoms with van der Waals surface area (Å²) < 4.78 is 0. The van der Waals surface area contributed by atoms with Gasteiger partial charge in [0.1, 0.15) is 0 Å². The first-order chi connectivity index (χ1) is 14.7. The van der Waals surface area contributed by atoms with Crippen molar-refractivity contribution in [2.45, 2.75) is 32.7 Å².